The molecule has 19 heavy (non-hydrogen) atoms. The lowest BCUT2D eigenvalue weighted by Gasteiger charge is -2.21. The Morgan fingerprint density at radius 2 is 1.89 bits per heavy atom. The third kappa shape index (κ3) is 4.84. The number of sulfone groups is 1. The number of rotatable bonds is 7. The molecule has 0 amide bonds. The summed E-state index contributed by atoms with van der Waals surface area (Å²) in [7, 11) is -2.98. The maximum Gasteiger partial charge on any atom is 0.153 e. The van der Waals surface area contributed by atoms with E-state index in [9.17, 15) is 8.42 Å². The molecule has 0 saturated heterocycles. The zero-order chi connectivity index (χ0) is 14.5. The zero-order valence-corrected chi connectivity index (χ0v) is 12.8. The second kappa shape index (κ2) is 6.91. The lowest BCUT2D eigenvalue weighted by Crippen LogP contribution is -2.31. The summed E-state index contributed by atoms with van der Waals surface area (Å²) >= 11 is 0. The number of para-hydroxylation sites is 1. The highest BCUT2D eigenvalue weighted by Gasteiger charge is 2.17. The highest BCUT2D eigenvalue weighted by atomic mass is 32.2. The molecule has 4 nitrogen and oxygen atoms in total. The molecule has 1 aromatic carbocycles. The lowest BCUT2D eigenvalue weighted by molar-refractivity contribution is 0.297. The fraction of sp³-hybridized carbons (Fsp3) is 0.571. The molecule has 0 radical (unpaired) electrons. The Balaban J connectivity index is 2.63. The summed E-state index contributed by atoms with van der Waals surface area (Å²) in [5.41, 5.74) is 7.71. The third-order valence-electron chi connectivity index (χ3n) is 3.31. The van der Waals surface area contributed by atoms with E-state index in [2.05, 4.69) is 4.90 Å². The van der Waals surface area contributed by atoms with Gasteiger partial charge in [0.15, 0.2) is 9.84 Å². The molecule has 0 saturated carbocycles. The van der Waals surface area contributed by atoms with Crippen molar-refractivity contribution in [3.63, 3.8) is 0 Å². The Morgan fingerprint density at radius 1 is 1.26 bits per heavy atom. The van der Waals surface area contributed by atoms with Gasteiger partial charge >= 0.3 is 0 Å². The van der Waals surface area contributed by atoms with E-state index >= 15 is 0 Å². The van der Waals surface area contributed by atoms with Crippen LogP contribution in [0.15, 0.2) is 24.3 Å². The number of anilines is 1. The molecule has 5 heteroatoms. The smallest absolute Gasteiger partial charge is 0.153 e. The SMILES string of the molecule is CCN(CCS(=O)(=O)C(C)C)Cc1ccccc1N. The van der Waals surface area contributed by atoms with Gasteiger partial charge in [0.05, 0.1) is 11.0 Å². The van der Waals surface area contributed by atoms with Crippen molar-refractivity contribution in [2.45, 2.75) is 32.6 Å². The Kier molecular flexibility index (Phi) is 5.82. The number of nitrogen functional groups attached to an aromatic ring is 1. The molecule has 0 aliphatic carbocycles. The Hall–Kier alpha value is -1.07. The average Bonchev–Trinajstić information content (AvgIpc) is 2.36. The first-order valence-corrected chi connectivity index (χ1v) is 8.35. The highest BCUT2D eigenvalue weighted by Crippen LogP contribution is 2.13. The number of hydrogen-bond acceptors (Lipinski definition) is 4. The fourth-order valence-corrected chi connectivity index (χ4v) is 2.74. The molecule has 0 bridgehead atoms. The van der Waals surface area contributed by atoms with Gasteiger partial charge in [-0.3, -0.25) is 4.90 Å². The van der Waals surface area contributed by atoms with E-state index in [4.69, 9.17) is 5.73 Å². The third-order valence-corrected chi connectivity index (χ3v) is 5.49. The summed E-state index contributed by atoms with van der Waals surface area (Å²) < 4.78 is 23.6. The molecule has 0 unspecified atom stereocenters. The van der Waals surface area contributed by atoms with Crippen LogP contribution in [0.2, 0.25) is 0 Å². The Bertz CT molecular complexity index is 498. The van der Waals surface area contributed by atoms with Gasteiger partial charge in [0, 0.05) is 18.8 Å². The first-order chi connectivity index (χ1) is 8.86. The Morgan fingerprint density at radius 3 is 2.42 bits per heavy atom. The van der Waals surface area contributed by atoms with Crippen LogP contribution in [0.25, 0.3) is 0 Å². The molecule has 0 fully saturated rings. The second-order valence-corrected chi connectivity index (χ2v) is 7.66. The molecule has 0 spiro atoms. The van der Waals surface area contributed by atoms with Crippen LogP contribution in [0.1, 0.15) is 26.3 Å². The van der Waals surface area contributed by atoms with Crippen LogP contribution in [0.3, 0.4) is 0 Å². The number of hydrogen-bond donors (Lipinski definition) is 1. The maximum absolute atomic E-state index is 11.8. The van der Waals surface area contributed by atoms with Crippen LogP contribution < -0.4 is 5.73 Å². The summed E-state index contributed by atoms with van der Waals surface area (Å²) in [6, 6.07) is 7.70. The van der Waals surface area contributed by atoms with Crippen molar-refractivity contribution >= 4 is 15.5 Å². The molecule has 0 atom stereocenters. The average molecular weight is 284 g/mol. The summed E-state index contributed by atoms with van der Waals surface area (Å²) in [4.78, 5) is 2.10. The molecule has 1 aromatic rings. The first kappa shape index (κ1) is 16.0. The standard InChI is InChI=1S/C14H24N2O2S/c1-4-16(9-10-19(17,18)12(2)3)11-13-7-5-6-8-14(13)15/h5-8,12H,4,9-11,15H2,1-3H3. The van der Waals surface area contributed by atoms with Gasteiger partial charge in [-0.15, -0.1) is 0 Å². The minimum Gasteiger partial charge on any atom is -0.398 e. The van der Waals surface area contributed by atoms with Crippen LogP contribution in [-0.2, 0) is 16.4 Å². The number of nitrogens with zero attached hydrogens (tertiary/aromatic N) is 1. The zero-order valence-electron chi connectivity index (χ0n) is 12.0. The predicted octanol–water partition coefficient (Wildman–Crippen LogP) is 1.91. The Labute approximate surface area is 116 Å². The van der Waals surface area contributed by atoms with Gasteiger partial charge in [-0.05, 0) is 32.0 Å². The van der Waals surface area contributed by atoms with Gasteiger partial charge in [-0.25, -0.2) is 8.42 Å². The molecule has 108 valence electrons. The van der Waals surface area contributed by atoms with E-state index in [1.54, 1.807) is 13.8 Å². The second-order valence-electron chi connectivity index (χ2n) is 4.98. The summed E-state index contributed by atoms with van der Waals surface area (Å²) in [6.07, 6.45) is 0. The molecule has 1 rings (SSSR count). The van der Waals surface area contributed by atoms with Gasteiger partial charge in [0.25, 0.3) is 0 Å². The summed E-state index contributed by atoms with van der Waals surface area (Å²) in [6.45, 7) is 7.52. The van der Waals surface area contributed by atoms with Gasteiger partial charge in [0.2, 0.25) is 0 Å². The fourth-order valence-electron chi connectivity index (χ4n) is 1.76. The van der Waals surface area contributed by atoms with Crippen molar-refractivity contribution in [1.82, 2.24) is 4.90 Å². The van der Waals surface area contributed by atoms with Gasteiger partial charge in [-0.1, -0.05) is 25.1 Å². The molecule has 0 heterocycles. The molecule has 0 aliphatic rings. The van der Waals surface area contributed by atoms with E-state index in [-0.39, 0.29) is 11.0 Å². The molecule has 0 aliphatic heterocycles. The normalized spacial score (nSPS) is 12.3. The van der Waals surface area contributed by atoms with Crippen LogP contribution >= 0.6 is 0 Å². The first-order valence-electron chi connectivity index (χ1n) is 6.64. The number of nitrogens with two attached hydrogens (primary N) is 1. The van der Waals surface area contributed by atoms with Crippen molar-refractivity contribution in [3.8, 4) is 0 Å². The van der Waals surface area contributed by atoms with Crippen LogP contribution in [-0.4, -0.2) is 37.4 Å². The molecule has 2 N–H and O–H groups in total. The predicted molar refractivity (Wildman–Crippen MR) is 80.7 cm³/mol. The summed E-state index contributed by atoms with van der Waals surface area (Å²) in [5, 5.41) is -0.312. The van der Waals surface area contributed by atoms with Crippen molar-refractivity contribution in [3.05, 3.63) is 29.8 Å². The molecular weight excluding hydrogens is 260 g/mol. The van der Waals surface area contributed by atoms with Crippen LogP contribution in [0, 0.1) is 0 Å². The largest absolute Gasteiger partial charge is 0.398 e. The van der Waals surface area contributed by atoms with Crippen molar-refractivity contribution < 1.29 is 8.42 Å². The lowest BCUT2D eigenvalue weighted by atomic mass is 10.1. The van der Waals surface area contributed by atoms with Crippen molar-refractivity contribution in [2.75, 3.05) is 24.6 Å². The monoisotopic (exact) mass is 284 g/mol. The molecular formula is C14H24N2O2S. The van der Waals surface area contributed by atoms with Gasteiger partial charge in [-0.2, -0.15) is 0 Å². The molecule has 0 aromatic heterocycles. The van der Waals surface area contributed by atoms with Crippen LogP contribution in [0.4, 0.5) is 5.69 Å². The van der Waals surface area contributed by atoms with Crippen molar-refractivity contribution in [2.24, 2.45) is 0 Å². The van der Waals surface area contributed by atoms with E-state index in [1.165, 1.54) is 0 Å². The van der Waals surface area contributed by atoms with Crippen LogP contribution in [0.5, 0.6) is 0 Å². The minimum absolute atomic E-state index is 0.200. The van der Waals surface area contributed by atoms with Crippen molar-refractivity contribution in [1.29, 1.82) is 0 Å². The maximum atomic E-state index is 11.8. The highest BCUT2D eigenvalue weighted by molar-refractivity contribution is 7.92. The van der Waals surface area contributed by atoms with E-state index < -0.39 is 9.84 Å². The quantitative estimate of drug-likeness (QED) is 0.777. The summed E-state index contributed by atoms with van der Waals surface area (Å²) in [5.74, 6) is 0.200. The minimum atomic E-state index is -2.98. The van der Waals surface area contributed by atoms with Gasteiger partial charge < -0.3 is 5.73 Å². The van der Waals surface area contributed by atoms with E-state index in [1.807, 2.05) is 31.2 Å². The van der Waals surface area contributed by atoms with E-state index in [0.717, 1.165) is 17.8 Å². The number of benzene rings is 1. The topological polar surface area (TPSA) is 63.4 Å². The van der Waals surface area contributed by atoms with E-state index in [0.29, 0.717) is 13.1 Å². The van der Waals surface area contributed by atoms with Gasteiger partial charge in [0.1, 0.15) is 0 Å².